The van der Waals surface area contributed by atoms with Gasteiger partial charge in [0.1, 0.15) is 46.1 Å². The number of ether oxygens (including phenoxy) is 2. The number of carbonyl (C=O) groups is 3. The Morgan fingerprint density at radius 1 is 1.08 bits per heavy atom. The Morgan fingerprint density at radius 2 is 1.81 bits per heavy atom. The molecule has 0 spiro atoms. The fraction of sp³-hybridized carbons (Fsp3) is 0.250. The minimum absolute atomic E-state index is 0.0411. The van der Waals surface area contributed by atoms with Crippen LogP contribution >= 0.6 is 0 Å². The summed E-state index contributed by atoms with van der Waals surface area (Å²) in [5.41, 5.74) is 6.15. The average molecular weight is 719 g/mol. The van der Waals surface area contributed by atoms with Crippen molar-refractivity contribution in [3.63, 3.8) is 0 Å². The summed E-state index contributed by atoms with van der Waals surface area (Å²) in [5.74, 6) is -7.85. The van der Waals surface area contributed by atoms with Gasteiger partial charge in [-0.25, -0.2) is 27.2 Å². The second kappa shape index (κ2) is 12.0. The quantitative estimate of drug-likeness (QED) is 0.157. The van der Waals surface area contributed by atoms with Crippen molar-refractivity contribution in [2.24, 2.45) is 11.5 Å². The smallest absolute Gasteiger partial charge is 0.251 e. The van der Waals surface area contributed by atoms with Gasteiger partial charge in [0.25, 0.3) is 5.91 Å². The number of aliphatic hydroxyl groups is 1. The van der Waals surface area contributed by atoms with Crippen LogP contribution in [0.4, 0.5) is 17.6 Å². The monoisotopic (exact) mass is 718 g/mol. The molecule has 1 fully saturated rings. The largest absolute Gasteiger partial charge is 0.494 e. The normalized spacial score (nSPS) is 18.3. The number of rotatable bonds is 10. The molecule has 2 atom stereocenters. The molecule has 0 bridgehead atoms. The van der Waals surface area contributed by atoms with Crippen molar-refractivity contribution in [3.8, 4) is 22.8 Å². The van der Waals surface area contributed by atoms with Gasteiger partial charge in [-0.15, -0.1) is 0 Å². The number of halogens is 4. The van der Waals surface area contributed by atoms with E-state index in [1.54, 1.807) is 0 Å². The SMILES string of the molecule is COc1cc(C(=O)NC[C@@](O)(c2cccc(F)c2)c2cc3c(c(-c4cc(F)c(F)cc4C(N)=O)n2)OC[C@]3(C)C(N)=O)cc2cn(C3(F)CC3)nc12. The topological polar surface area (TPSA) is 185 Å². The highest BCUT2D eigenvalue weighted by Gasteiger charge is 2.47. The number of hydrogen-bond donors (Lipinski definition) is 4. The summed E-state index contributed by atoms with van der Waals surface area (Å²) in [6.07, 6.45) is 2.04. The number of aromatic nitrogens is 3. The molecule has 6 N–H and O–H groups in total. The third-order valence-electron chi connectivity index (χ3n) is 9.56. The van der Waals surface area contributed by atoms with Crippen LogP contribution in [0.5, 0.6) is 11.5 Å². The number of alkyl halides is 1. The zero-order valence-corrected chi connectivity index (χ0v) is 27.6. The maximum atomic E-state index is 14.8. The van der Waals surface area contributed by atoms with E-state index < -0.39 is 64.1 Å². The van der Waals surface area contributed by atoms with Crippen molar-refractivity contribution in [1.29, 1.82) is 0 Å². The van der Waals surface area contributed by atoms with Gasteiger partial charge in [0.2, 0.25) is 17.6 Å². The Bertz CT molecular complexity index is 2350. The van der Waals surface area contributed by atoms with E-state index in [0.29, 0.717) is 35.9 Å². The highest BCUT2D eigenvalue weighted by molar-refractivity contribution is 6.01. The van der Waals surface area contributed by atoms with Crippen LogP contribution in [0.1, 0.15) is 57.3 Å². The molecule has 5 aromatic rings. The summed E-state index contributed by atoms with van der Waals surface area (Å²) < 4.78 is 71.0. The number of benzene rings is 3. The Hall–Kier alpha value is -6.03. The Morgan fingerprint density at radius 3 is 2.46 bits per heavy atom. The lowest BCUT2D eigenvalue weighted by atomic mass is 9.80. The van der Waals surface area contributed by atoms with Gasteiger partial charge in [-0.3, -0.25) is 14.4 Å². The van der Waals surface area contributed by atoms with Crippen molar-refractivity contribution in [2.75, 3.05) is 20.3 Å². The molecule has 3 heterocycles. The van der Waals surface area contributed by atoms with Gasteiger partial charge in [0.05, 0.1) is 24.9 Å². The first-order valence-electron chi connectivity index (χ1n) is 15.9. The van der Waals surface area contributed by atoms with Gasteiger partial charge in [0, 0.05) is 41.1 Å². The minimum Gasteiger partial charge on any atom is -0.494 e. The van der Waals surface area contributed by atoms with Crippen LogP contribution in [0.25, 0.3) is 22.2 Å². The molecule has 2 aromatic heterocycles. The molecule has 0 saturated heterocycles. The Kier molecular flexibility index (Phi) is 7.97. The van der Waals surface area contributed by atoms with Gasteiger partial charge >= 0.3 is 0 Å². The van der Waals surface area contributed by atoms with Crippen LogP contribution in [0.3, 0.4) is 0 Å². The summed E-state index contributed by atoms with van der Waals surface area (Å²) in [7, 11) is 1.36. The molecule has 268 valence electrons. The number of fused-ring (bicyclic) bond motifs is 2. The second-order valence-electron chi connectivity index (χ2n) is 13.1. The number of hydrogen-bond acceptors (Lipinski definition) is 8. The van der Waals surface area contributed by atoms with Crippen LogP contribution in [0, 0.1) is 17.5 Å². The van der Waals surface area contributed by atoms with Gasteiger partial charge in [-0.05, 0) is 55.0 Å². The number of nitrogens with zero attached hydrogens (tertiary/aromatic N) is 3. The molecule has 1 aliphatic heterocycles. The standard InChI is InChI=1S/C36H30F4N6O6/c1-34(33(42)49)16-52-30-23(34)13-27(44-29(30)21-11-24(38)25(39)12-22(21)31(41)47)36(50,19-4-3-5-20(37)10-19)15-43-32(48)17-8-18-14-46(35(40)6-7-35)45-28(18)26(9-17)51-2/h3-5,8-14,50H,6-7,15-16H2,1-2H3,(H2,41,47)(H2,42,49)(H,43,48)/t34-,36+/m0/s1. The van der Waals surface area contributed by atoms with Gasteiger partial charge < -0.3 is 31.4 Å². The molecule has 52 heavy (non-hydrogen) atoms. The summed E-state index contributed by atoms with van der Waals surface area (Å²) >= 11 is 0. The molecular formula is C36H30F4N6O6. The fourth-order valence-corrected chi connectivity index (χ4v) is 6.25. The van der Waals surface area contributed by atoms with Gasteiger partial charge in [-0.2, -0.15) is 5.10 Å². The zero-order valence-electron chi connectivity index (χ0n) is 27.6. The van der Waals surface area contributed by atoms with E-state index in [2.05, 4.69) is 15.4 Å². The van der Waals surface area contributed by atoms with Gasteiger partial charge in [-0.1, -0.05) is 12.1 Å². The number of pyridine rings is 1. The molecule has 2 aliphatic rings. The van der Waals surface area contributed by atoms with Crippen LogP contribution < -0.4 is 26.3 Å². The van der Waals surface area contributed by atoms with E-state index >= 15 is 0 Å². The van der Waals surface area contributed by atoms with E-state index in [4.69, 9.17) is 20.9 Å². The summed E-state index contributed by atoms with van der Waals surface area (Å²) in [6, 6.07) is 10.1. The molecule has 3 aromatic carbocycles. The number of methoxy groups -OCH3 is 1. The Balaban J connectivity index is 1.37. The number of carbonyl (C=O) groups excluding carboxylic acids is 3. The molecule has 16 heteroatoms. The summed E-state index contributed by atoms with van der Waals surface area (Å²) in [5, 5.41) is 19.8. The van der Waals surface area contributed by atoms with Crippen LogP contribution in [-0.2, 0) is 21.6 Å². The summed E-state index contributed by atoms with van der Waals surface area (Å²) in [4.78, 5) is 43.5. The first-order chi connectivity index (χ1) is 24.6. The average Bonchev–Trinajstić information content (AvgIpc) is 3.55. The van der Waals surface area contributed by atoms with Crippen LogP contribution in [-0.4, -0.2) is 57.9 Å². The third-order valence-corrected chi connectivity index (χ3v) is 9.56. The van der Waals surface area contributed by atoms with Crippen molar-refractivity contribution < 1.29 is 46.5 Å². The van der Waals surface area contributed by atoms with E-state index in [1.165, 1.54) is 55.2 Å². The van der Waals surface area contributed by atoms with Crippen LogP contribution in [0.2, 0.25) is 0 Å². The first-order valence-corrected chi connectivity index (χ1v) is 15.9. The molecule has 1 saturated carbocycles. The highest BCUT2D eigenvalue weighted by atomic mass is 19.2. The van der Waals surface area contributed by atoms with E-state index in [0.717, 1.165) is 12.1 Å². The maximum absolute atomic E-state index is 14.8. The molecule has 0 unspecified atom stereocenters. The minimum atomic E-state index is -2.40. The first kappa shape index (κ1) is 34.4. The molecule has 1 aliphatic carbocycles. The lowest BCUT2D eigenvalue weighted by Crippen LogP contribution is -2.43. The molecular weight excluding hydrogens is 688 g/mol. The van der Waals surface area contributed by atoms with E-state index in [1.807, 2.05) is 0 Å². The molecule has 3 amide bonds. The van der Waals surface area contributed by atoms with Crippen molar-refractivity contribution >= 4 is 28.6 Å². The maximum Gasteiger partial charge on any atom is 0.251 e. The van der Waals surface area contributed by atoms with Gasteiger partial charge in [0.15, 0.2) is 11.6 Å². The Labute approximate surface area is 292 Å². The van der Waals surface area contributed by atoms with Crippen molar-refractivity contribution in [1.82, 2.24) is 20.1 Å². The predicted molar refractivity (Wildman–Crippen MR) is 176 cm³/mol. The number of nitrogens with one attached hydrogen (secondary N) is 1. The summed E-state index contributed by atoms with van der Waals surface area (Å²) in [6.45, 7) is 0.435. The highest BCUT2D eigenvalue weighted by Crippen LogP contribution is 2.48. The number of primary amides is 2. The van der Waals surface area contributed by atoms with E-state index in [9.17, 15) is 37.1 Å². The van der Waals surface area contributed by atoms with E-state index in [-0.39, 0.29) is 51.7 Å². The predicted octanol–water partition coefficient (Wildman–Crippen LogP) is 3.84. The third kappa shape index (κ3) is 5.55. The molecule has 0 radical (unpaired) electrons. The lowest BCUT2D eigenvalue weighted by molar-refractivity contribution is -0.123. The number of nitrogens with two attached hydrogens (primary N) is 2. The van der Waals surface area contributed by atoms with Crippen molar-refractivity contribution in [2.45, 2.75) is 36.6 Å². The van der Waals surface area contributed by atoms with Crippen molar-refractivity contribution in [3.05, 3.63) is 106 Å². The zero-order chi connectivity index (χ0) is 37.3. The molecule has 7 rings (SSSR count). The molecule has 12 nitrogen and oxygen atoms in total. The van der Waals surface area contributed by atoms with Crippen LogP contribution in [0.15, 0.2) is 60.8 Å². The number of amides is 3. The lowest BCUT2D eigenvalue weighted by Gasteiger charge is -2.30. The fourth-order valence-electron chi connectivity index (χ4n) is 6.25. The second-order valence-corrected chi connectivity index (χ2v) is 13.1.